The number of aromatic amines is 1. The van der Waals surface area contributed by atoms with Gasteiger partial charge in [-0.2, -0.15) is 0 Å². The van der Waals surface area contributed by atoms with Crippen molar-refractivity contribution < 1.29 is 14.3 Å². The highest BCUT2D eigenvalue weighted by Crippen LogP contribution is 2.35. The van der Waals surface area contributed by atoms with Crippen molar-refractivity contribution in [3.63, 3.8) is 0 Å². The summed E-state index contributed by atoms with van der Waals surface area (Å²) in [6.07, 6.45) is 3.01. The van der Waals surface area contributed by atoms with Crippen LogP contribution in [0.1, 0.15) is 46.1 Å². The molecule has 1 amide bonds. The molecule has 0 fully saturated rings. The van der Waals surface area contributed by atoms with Crippen LogP contribution in [0, 0.1) is 6.92 Å². The Hall–Kier alpha value is -2.95. The van der Waals surface area contributed by atoms with Gasteiger partial charge in [0.1, 0.15) is 11.5 Å². The molecule has 0 saturated carbocycles. The zero-order valence-electron chi connectivity index (χ0n) is 15.9. The fourth-order valence-corrected chi connectivity index (χ4v) is 3.94. The molecule has 140 valence electrons. The number of ether oxygens (including phenoxy) is 2. The second kappa shape index (κ2) is 6.99. The van der Waals surface area contributed by atoms with Crippen LogP contribution in [0.25, 0.3) is 10.9 Å². The molecule has 1 aromatic heterocycles. The molecule has 1 aliphatic carbocycles. The summed E-state index contributed by atoms with van der Waals surface area (Å²) in [5, 5.41) is 4.46. The number of fused-ring (bicyclic) bond motifs is 3. The van der Waals surface area contributed by atoms with Gasteiger partial charge in [-0.3, -0.25) is 4.79 Å². The van der Waals surface area contributed by atoms with E-state index in [0.29, 0.717) is 17.1 Å². The van der Waals surface area contributed by atoms with Crippen LogP contribution in [0.2, 0.25) is 0 Å². The normalized spacial score (nSPS) is 16.0. The average Bonchev–Trinajstić information content (AvgIpc) is 3.06. The maximum Gasteiger partial charge on any atom is 0.255 e. The first-order valence-electron chi connectivity index (χ1n) is 9.24. The lowest BCUT2D eigenvalue weighted by Crippen LogP contribution is -2.31. The van der Waals surface area contributed by atoms with Crippen LogP contribution in [0.3, 0.4) is 0 Å². The average molecular weight is 364 g/mol. The first kappa shape index (κ1) is 17.5. The number of amides is 1. The SMILES string of the molecule is COc1ccc(C(=O)NC2CCCc3c2[nH]c2ccc(C)cc32)c(OC)c1. The predicted molar refractivity (Wildman–Crippen MR) is 106 cm³/mol. The second-order valence-electron chi connectivity index (χ2n) is 7.05. The second-order valence-corrected chi connectivity index (χ2v) is 7.05. The van der Waals surface area contributed by atoms with Crippen LogP contribution in [-0.4, -0.2) is 25.1 Å². The fraction of sp³-hybridized carbons (Fsp3) is 0.318. The van der Waals surface area contributed by atoms with Gasteiger partial charge in [-0.15, -0.1) is 0 Å². The number of hydrogen-bond acceptors (Lipinski definition) is 3. The van der Waals surface area contributed by atoms with E-state index in [9.17, 15) is 4.79 Å². The third-order valence-electron chi connectivity index (χ3n) is 5.32. The first-order chi connectivity index (χ1) is 13.1. The summed E-state index contributed by atoms with van der Waals surface area (Å²) in [7, 11) is 3.15. The quantitative estimate of drug-likeness (QED) is 0.725. The third kappa shape index (κ3) is 3.14. The summed E-state index contributed by atoms with van der Waals surface area (Å²) in [5.74, 6) is 1.03. The topological polar surface area (TPSA) is 63.3 Å². The Morgan fingerprint density at radius 2 is 2.00 bits per heavy atom. The van der Waals surface area contributed by atoms with Crippen LogP contribution >= 0.6 is 0 Å². The van der Waals surface area contributed by atoms with E-state index in [0.717, 1.165) is 30.5 Å². The zero-order chi connectivity index (χ0) is 19.0. The molecule has 0 bridgehead atoms. The Morgan fingerprint density at radius 1 is 1.15 bits per heavy atom. The zero-order valence-corrected chi connectivity index (χ0v) is 15.9. The van der Waals surface area contributed by atoms with E-state index in [-0.39, 0.29) is 11.9 Å². The van der Waals surface area contributed by atoms with Gasteiger partial charge < -0.3 is 19.8 Å². The third-order valence-corrected chi connectivity index (χ3v) is 5.32. The number of nitrogens with one attached hydrogen (secondary N) is 2. The summed E-state index contributed by atoms with van der Waals surface area (Å²) in [4.78, 5) is 16.5. The number of carbonyl (C=O) groups is 1. The van der Waals surface area contributed by atoms with Gasteiger partial charge in [0.15, 0.2) is 0 Å². The van der Waals surface area contributed by atoms with Gasteiger partial charge in [-0.1, -0.05) is 11.6 Å². The Balaban J connectivity index is 1.65. The number of rotatable bonds is 4. The molecule has 2 N–H and O–H groups in total. The number of carbonyl (C=O) groups excluding carboxylic acids is 1. The molecule has 0 radical (unpaired) electrons. The monoisotopic (exact) mass is 364 g/mol. The summed E-state index contributed by atoms with van der Waals surface area (Å²) >= 11 is 0. The first-order valence-corrected chi connectivity index (χ1v) is 9.24. The lowest BCUT2D eigenvalue weighted by molar-refractivity contribution is 0.0929. The number of H-pyrrole nitrogens is 1. The Labute approximate surface area is 158 Å². The lowest BCUT2D eigenvalue weighted by Gasteiger charge is -2.24. The highest BCUT2D eigenvalue weighted by atomic mass is 16.5. The smallest absolute Gasteiger partial charge is 0.255 e. The molecule has 1 unspecified atom stereocenters. The summed E-state index contributed by atoms with van der Waals surface area (Å²) in [6, 6.07) is 11.7. The number of benzene rings is 2. The largest absolute Gasteiger partial charge is 0.497 e. The molecule has 4 rings (SSSR count). The molecule has 27 heavy (non-hydrogen) atoms. The number of aryl methyl sites for hydroxylation is 2. The molecular weight excluding hydrogens is 340 g/mol. The van der Waals surface area contributed by atoms with Crippen molar-refractivity contribution >= 4 is 16.8 Å². The maximum atomic E-state index is 12.9. The van der Waals surface area contributed by atoms with Crippen molar-refractivity contribution in [2.45, 2.75) is 32.2 Å². The number of hydrogen-bond donors (Lipinski definition) is 2. The standard InChI is InChI=1S/C22H24N2O3/c1-13-7-10-18-17(11-13)15-5-4-6-19(21(15)23-18)24-22(25)16-9-8-14(26-2)12-20(16)27-3/h7-12,19,23H,4-6H2,1-3H3,(H,24,25). The lowest BCUT2D eigenvalue weighted by atomic mass is 9.91. The van der Waals surface area contributed by atoms with Crippen LogP contribution in [-0.2, 0) is 6.42 Å². The molecule has 5 nitrogen and oxygen atoms in total. The minimum atomic E-state index is -0.137. The Morgan fingerprint density at radius 3 is 2.78 bits per heavy atom. The van der Waals surface area contributed by atoms with E-state index in [2.05, 4.69) is 35.4 Å². The molecule has 1 heterocycles. The highest BCUT2D eigenvalue weighted by molar-refractivity contribution is 5.97. The predicted octanol–water partition coefficient (Wildman–Crippen LogP) is 4.30. The summed E-state index contributed by atoms with van der Waals surface area (Å²) < 4.78 is 10.6. The minimum absolute atomic E-state index is 0.0271. The van der Waals surface area contributed by atoms with Crippen LogP contribution in [0.15, 0.2) is 36.4 Å². The maximum absolute atomic E-state index is 12.9. The molecule has 5 heteroatoms. The Kier molecular flexibility index (Phi) is 4.52. The van der Waals surface area contributed by atoms with Crippen LogP contribution in [0.4, 0.5) is 0 Å². The van der Waals surface area contributed by atoms with Gasteiger partial charge in [0.25, 0.3) is 5.91 Å². The molecule has 0 spiro atoms. The van der Waals surface area contributed by atoms with Crippen molar-refractivity contribution in [2.24, 2.45) is 0 Å². The van der Waals surface area contributed by atoms with Crippen molar-refractivity contribution in [1.82, 2.24) is 10.3 Å². The summed E-state index contributed by atoms with van der Waals surface area (Å²) in [5.41, 5.74) is 5.35. The van der Waals surface area contributed by atoms with E-state index in [1.165, 1.54) is 16.5 Å². The van der Waals surface area contributed by atoms with E-state index in [4.69, 9.17) is 9.47 Å². The van der Waals surface area contributed by atoms with Crippen LogP contribution in [0.5, 0.6) is 11.5 Å². The van der Waals surface area contributed by atoms with Gasteiger partial charge in [0.05, 0.1) is 25.8 Å². The molecule has 3 aromatic rings. The van der Waals surface area contributed by atoms with Gasteiger partial charge in [0.2, 0.25) is 0 Å². The molecule has 1 atom stereocenters. The van der Waals surface area contributed by atoms with E-state index in [1.54, 1.807) is 32.4 Å². The van der Waals surface area contributed by atoms with Crippen molar-refractivity contribution in [3.8, 4) is 11.5 Å². The van der Waals surface area contributed by atoms with Crippen molar-refractivity contribution in [3.05, 3.63) is 58.8 Å². The molecule has 0 saturated heterocycles. The molecular formula is C22H24N2O3. The Bertz CT molecular complexity index is 1010. The fourth-order valence-electron chi connectivity index (χ4n) is 3.94. The van der Waals surface area contributed by atoms with Crippen molar-refractivity contribution in [1.29, 1.82) is 0 Å². The van der Waals surface area contributed by atoms with Gasteiger partial charge in [0, 0.05) is 22.7 Å². The van der Waals surface area contributed by atoms with E-state index < -0.39 is 0 Å². The van der Waals surface area contributed by atoms with Crippen LogP contribution < -0.4 is 14.8 Å². The van der Waals surface area contributed by atoms with Gasteiger partial charge in [-0.25, -0.2) is 0 Å². The molecule has 2 aromatic carbocycles. The van der Waals surface area contributed by atoms with Gasteiger partial charge in [-0.05, 0) is 56.0 Å². The van der Waals surface area contributed by atoms with Crippen molar-refractivity contribution in [2.75, 3.05) is 14.2 Å². The summed E-state index contributed by atoms with van der Waals surface area (Å²) in [6.45, 7) is 2.11. The highest BCUT2D eigenvalue weighted by Gasteiger charge is 2.26. The molecule has 0 aliphatic heterocycles. The van der Waals surface area contributed by atoms with E-state index >= 15 is 0 Å². The van der Waals surface area contributed by atoms with Gasteiger partial charge >= 0.3 is 0 Å². The number of methoxy groups -OCH3 is 2. The molecule has 1 aliphatic rings. The number of aromatic nitrogens is 1. The minimum Gasteiger partial charge on any atom is -0.497 e. The van der Waals surface area contributed by atoms with E-state index in [1.807, 2.05) is 0 Å².